The van der Waals surface area contributed by atoms with E-state index in [0.717, 1.165) is 29.7 Å². The van der Waals surface area contributed by atoms with Crippen molar-refractivity contribution in [3.8, 4) is 11.8 Å². The van der Waals surface area contributed by atoms with E-state index in [1.807, 2.05) is 0 Å². The average Bonchev–Trinajstić information content (AvgIpc) is 2.88. The van der Waals surface area contributed by atoms with Gasteiger partial charge in [0.2, 0.25) is 0 Å². The Labute approximate surface area is 132 Å². The first-order valence-electron chi connectivity index (χ1n) is 8.18. The van der Waals surface area contributed by atoms with E-state index in [1.54, 1.807) is 0 Å². The topological polar surface area (TPSA) is 50.1 Å². The Bertz CT molecular complexity index is 661. The number of nitrogens with zero attached hydrogens (tertiary/aromatic N) is 1. The highest BCUT2D eigenvalue weighted by atomic mass is 16.5. The highest BCUT2D eigenvalue weighted by Gasteiger charge is 2.43. The van der Waals surface area contributed by atoms with E-state index in [9.17, 15) is 10.1 Å². The van der Waals surface area contributed by atoms with Crippen LogP contribution in [0.25, 0.3) is 0 Å². The molecule has 22 heavy (non-hydrogen) atoms. The van der Waals surface area contributed by atoms with E-state index in [1.165, 1.54) is 5.56 Å². The third kappa shape index (κ3) is 2.22. The molecule has 0 bridgehead atoms. The van der Waals surface area contributed by atoms with Gasteiger partial charge in [-0.05, 0) is 44.2 Å². The fraction of sp³-hybridized carbons (Fsp3) is 0.579. The molecule has 1 aliphatic carbocycles. The summed E-state index contributed by atoms with van der Waals surface area (Å²) < 4.78 is 6.24. The van der Waals surface area contributed by atoms with Crippen LogP contribution in [0.4, 0.5) is 0 Å². The second-order valence-electron chi connectivity index (χ2n) is 7.05. The van der Waals surface area contributed by atoms with Gasteiger partial charge in [0.15, 0.2) is 0 Å². The zero-order valence-electron chi connectivity index (χ0n) is 13.7. The van der Waals surface area contributed by atoms with Gasteiger partial charge in [-0.25, -0.2) is 0 Å². The Kier molecular flexibility index (Phi) is 3.51. The molecule has 1 unspecified atom stereocenters. The lowest BCUT2D eigenvalue weighted by Gasteiger charge is -2.32. The fourth-order valence-electron chi connectivity index (χ4n) is 3.76. The molecular formula is C19H23NO2. The Balaban J connectivity index is 2.09. The van der Waals surface area contributed by atoms with E-state index in [2.05, 4.69) is 39.0 Å². The molecule has 3 nitrogen and oxygen atoms in total. The van der Waals surface area contributed by atoms with Crippen LogP contribution in [-0.4, -0.2) is 11.4 Å². The summed E-state index contributed by atoms with van der Waals surface area (Å²) in [6.07, 6.45) is 4.11. The lowest BCUT2D eigenvalue weighted by Crippen LogP contribution is -2.32. The predicted molar refractivity (Wildman–Crippen MR) is 85.0 cm³/mol. The van der Waals surface area contributed by atoms with E-state index in [-0.39, 0.29) is 11.4 Å². The van der Waals surface area contributed by atoms with Crippen molar-refractivity contribution in [2.45, 2.75) is 70.3 Å². The van der Waals surface area contributed by atoms with Crippen LogP contribution in [-0.2, 0) is 16.6 Å². The lowest BCUT2D eigenvalue weighted by atomic mass is 9.68. The summed E-state index contributed by atoms with van der Waals surface area (Å²) in [4.78, 5) is 11.6. The summed E-state index contributed by atoms with van der Waals surface area (Å²) in [5.74, 6) is 1.25. The molecule has 1 atom stereocenters. The molecule has 3 heteroatoms. The van der Waals surface area contributed by atoms with Crippen molar-refractivity contribution in [2.24, 2.45) is 0 Å². The number of hydrogen-bond donors (Lipinski definition) is 0. The van der Waals surface area contributed by atoms with Crippen molar-refractivity contribution in [3.63, 3.8) is 0 Å². The summed E-state index contributed by atoms with van der Waals surface area (Å²) in [6.45, 7) is 6.34. The standard InChI is InChI=1S/C19H23NO2/c1-4-18(3)11-15-16(6-5-13(2)17(15)22-18)19(12-20)9-7-14(21)8-10-19/h5-6H,4,7-11H2,1-3H3. The van der Waals surface area contributed by atoms with Crippen molar-refractivity contribution < 1.29 is 9.53 Å². The van der Waals surface area contributed by atoms with Crippen LogP contribution in [0.2, 0.25) is 0 Å². The highest BCUT2D eigenvalue weighted by Crippen LogP contribution is 2.47. The Hall–Kier alpha value is -1.82. The maximum Gasteiger partial charge on any atom is 0.133 e. The largest absolute Gasteiger partial charge is 0.487 e. The minimum absolute atomic E-state index is 0.176. The van der Waals surface area contributed by atoms with Crippen LogP contribution in [0.15, 0.2) is 12.1 Å². The van der Waals surface area contributed by atoms with E-state index >= 15 is 0 Å². The number of ketones is 1. The number of Topliss-reactive ketones (excluding diaryl/α,β-unsaturated/α-hetero) is 1. The molecule has 1 heterocycles. The number of hydrogen-bond acceptors (Lipinski definition) is 3. The van der Waals surface area contributed by atoms with E-state index < -0.39 is 5.41 Å². The van der Waals surface area contributed by atoms with Gasteiger partial charge in [0.05, 0.1) is 11.5 Å². The molecular weight excluding hydrogens is 274 g/mol. The van der Waals surface area contributed by atoms with Crippen molar-refractivity contribution in [2.75, 3.05) is 0 Å². The first-order valence-corrected chi connectivity index (χ1v) is 8.18. The fourth-order valence-corrected chi connectivity index (χ4v) is 3.76. The summed E-state index contributed by atoms with van der Waals surface area (Å²) in [5, 5.41) is 9.87. The minimum atomic E-state index is -0.520. The number of carbonyl (C=O) groups is 1. The average molecular weight is 297 g/mol. The molecule has 0 spiro atoms. The quantitative estimate of drug-likeness (QED) is 0.829. The summed E-state index contributed by atoms with van der Waals surface area (Å²) in [6, 6.07) is 6.70. The van der Waals surface area contributed by atoms with Gasteiger partial charge in [-0.3, -0.25) is 4.79 Å². The van der Waals surface area contributed by atoms with Crippen LogP contribution < -0.4 is 4.74 Å². The highest BCUT2D eigenvalue weighted by molar-refractivity contribution is 5.80. The van der Waals surface area contributed by atoms with Crippen molar-refractivity contribution in [3.05, 3.63) is 28.8 Å². The molecule has 2 aliphatic rings. The van der Waals surface area contributed by atoms with Gasteiger partial charge in [0, 0.05) is 24.8 Å². The van der Waals surface area contributed by atoms with Crippen molar-refractivity contribution >= 4 is 5.78 Å². The second-order valence-corrected chi connectivity index (χ2v) is 7.05. The normalized spacial score (nSPS) is 26.2. The van der Waals surface area contributed by atoms with Gasteiger partial charge in [0.25, 0.3) is 0 Å². The molecule has 0 aromatic heterocycles. The molecule has 1 aromatic carbocycles. The number of nitriles is 1. The monoisotopic (exact) mass is 297 g/mol. The number of benzene rings is 1. The number of aryl methyl sites for hydroxylation is 1. The number of rotatable bonds is 2. The van der Waals surface area contributed by atoms with Gasteiger partial charge < -0.3 is 4.74 Å². The molecule has 1 saturated carbocycles. The first kappa shape index (κ1) is 15.1. The molecule has 0 amide bonds. The first-order chi connectivity index (χ1) is 10.4. The summed E-state index contributed by atoms with van der Waals surface area (Å²) in [5.41, 5.74) is 2.73. The van der Waals surface area contributed by atoms with Crippen LogP contribution in [0.1, 0.15) is 62.6 Å². The molecule has 1 aromatic rings. The van der Waals surface area contributed by atoms with Gasteiger partial charge in [-0.15, -0.1) is 0 Å². The maximum atomic E-state index is 11.6. The molecule has 0 N–H and O–H groups in total. The van der Waals surface area contributed by atoms with Gasteiger partial charge in [-0.2, -0.15) is 5.26 Å². The van der Waals surface area contributed by atoms with Gasteiger partial charge in [0.1, 0.15) is 17.1 Å². The third-order valence-corrected chi connectivity index (χ3v) is 5.50. The van der Waals surface area contributed by atoms with Crippen molar-refractivity contribution in [1.29, 1.82) is 5.26 Å². The molecule has 1 aliphatic heterocycles. The van der Waals surface area contributed by atoms with Crippen molar-refractivity contribution in [1.82, 2.24) is 0 Å². The van der Waals surface area contributed by atoms with E-state index in [0.29, 0.717) is 25.7 Å². The number of ether oxygens (including phenoxy) is 1. The Morgan fingerprint density at radius 3 is 2.59 bits per heavy atom. The molecule has 1 fully saturated rings. The van der Waals surface area contributed by atoms with E-state index in [4.69, 9.17) is 4.74 Å². The lowest BCUT2D eigenvalue weighted by molar-refractivity contribution is -0.120. The zero-order chi connectivity index (χ0) is 16.0. The Morgan fingerprint density at radius 2 is 2.00 bits per heavy atom. The van der Waals surface area contributed by atoms with Gasteiger partial charge in [-0.1, -0.05) is 19.1 Å². The number of fused-ring (bicyclic) bond motifs is 1. The molecule has 3 rings (SSSR count). The summed E-state index contributed by atoms with van der Waals surface area (Å²) in [7, 11) is 0. The second kappa shape index (κ2) is 5.12. The van der Waals surface area contributed by atoms with Gasteiger partial charge >= 0.3 is 0 Å². The minimum Gasteiger partial charge on any atom is -0.487 e. The SMILES string of the molecule is CCC1(C)Cc2c(C3(C#N)CCC(=O)CC3)ccc(C)c2O1. The third-order valence-electron chi connectivity index (χ3n) is 5.50. The molecule has 116 valence electrons. The summed E-state index contributed by atoms with van der Waals surface area (Å²) >= 11 is 0. The Morgan fingerprint density at radius 1 is 1.32 bits per heavy atom. The molecule has 0 saturated heterocycles. The van der Waals surface area contributed by atoms with Crippen LogP contribution in [0.3, 0.4) is 0 Å². The predicted octanol–water partition coefficient (Wildman–Crippen LogP) is 4.00. The van der Waals surface area contributed by atoms with Crippen LogP contribution in [0.5, 0.6) is 5.75 Å². The smallest absolute Gasteiger partial charge is 0.133 e. The van der Waals surface area contributed by atoms with Crippen LogP contribution in [0, 0.1) is 18.3 Å². The zero-order valence-corrected chi connectivity index (χ0v) is 13.7. The molecule has 0 radical (unpaired) electrons. The maximum absolute atomic E-state index is 11.6. The number of carbonyl (C=O) groups excluding carboxylic acids is 1. The van der Waals surface area contributed by atoms with Crippen LogP contribution >= 0.6 is 0 Å².